The molecule has 10 rings (SSSR count). The van der Waals surface area contributed by atoms with E-state index in [2.05, 4.69) is 176 Å². The van der Waals surface area contributed by atoms with Crippen LogP contribution in [0.25, 0.3) is 98.2 Å². The molecule has 0 bridgehead atoms. The summed E-state index contributed by atoms with van der Waals surface area (Å²) >= 11 is 1.85. The van der Waals surface area contributed by atoms with Gasteiger partial charge in [0.1, 0.15) is 0 Å². The van der Waals surface area contributed by atoms with Crippen molar-refractivity contribution in [1.29, 1.82) is 0 Å². The normalized spacial score (nSPS) is 11.4. The maximum Gasteiger partial charge on any atom is 0.160 e. The minimum Gasteiger partial charge on any atom is -0.228 e. The van der Waals surface area contributed by atoms with Gasteiger partial charge in [-0.05, 0) is 80.6 Å². The number of benzene rings is 8. The second kappa shape index (κ2) is 13.1. The molecule has 0 aliphatic heterocycles. The molecule has 2 aromatic heterocycles. The third-order valence-corrected chi connectivity index (χ3v) is 11.2. The summed E-state index contributed by atoms with van der Waals surface area (Å²) in [6.07, 6.45) is 0. The van der Waals surface area contributed by atoms with E-state index in [9.17, 15) is 0 Å². The number of hydrogen-bond acceptors (Lipinski definition) is 3. The van der Waals surface area contributed by atoms with Crippen molar-refractivity contribution in [3.05, 3.63) is 194 Å². The smallest absolute Gasteiger partial charge is 0.160 e. The highest BCUT2D eigenvalue weighted by Crippen LogP contribution is 2.43. The first-order valence-corrected chi connectivity index (χ1v) is 18.7. The molecule has 0 N–H and O–H groups in total. The molecule has 0 aliphatic rings. The van der Waals surface area contributed by atoms with E-state index in [4.69, 9.17) is 9.97 Å². The Morgan fingerprint density at radius 1 is 0.321 bits per heavy atom. The molecule has 2 heterocycles. The van der Waals surface area contributed by atoms with Gasteiger partial charge in [0, 0.05) is 36.9 Å². The van der Waals surface area contributed by atoms with Gasteiger partial charge in [-0.1, -0.05) is 158 Å². The number of thiophene rings is 1. The molecule has 0 radical (unpaired) electrons. The van der Waals surface area contributed by atoms with Crippen molar-refractivity contribution in [2.75, 3.05) is 0 Å². The fourth-order valence-electron chi connectivity index (χ4n) is 7.50. The number of hydrogen-bond donors (Lipinski definition) is 0. The van der Waals surface area contributed by atoms with Crippen molar-refractivity contribution >= 4 is 42.3 Å². The van der Waals surface area contributed by atoms with Crippen LogP contribution in [0, 0.1) is 0 Å². The van der Waals surface area contributed by atoms with E-state index in [1.54, 1.807) is 0 Å². The standard InChI is InChI=1S/C50H32N2S/c1-3-13-33(14-4-1)34-25-27-36(28-26-34)45-32-46(52-50(51-45)37-16-5-2-6-17-37)40-30-38(42-21-11-18-35-15-7-8-19-41(35)42)29-39(31-40)43-22-12-24-48-49(43)44-20-9-10-23-47(44)53-48/h1-32H. The van der Waals surface area contributed by atoms with E-state index in [0.717, 1.165) is 39.2 Å². The second-order valence-corrected chi connectivity index (χ2v) is 14.5. The molecule has 3 heteroatoms. The second-order valence-electron chi connectivity index (χ2n) is 13.4. The molecular weight excluding hydrogens is 661 g/mol. The molecule has 0 spiro atoms. The largest absolute Gasteiger partial charge is 0.228 e. The lowest BCUT2D eigenvalue weighted by atomic mass is 9.91. The average Bonchev–Trinajstić information content (AvgIpc) is 3.63. The molecule has 10 aromatic rings. The molecule has 2 nitrogen and oxygen atoms in total. The van der Waals surface area contributed by atoms with Crippen molar-refractivity contribution in [3.8, 4) is 67.3 Å². The number of fused-ring (bicyclic) bond motifs is 4. The Balaban J connectivity index is 1.21. The van der Waals surface area contributed by atoms with Crippen molar-refractivity contribution in [2.45, 2.75) is 0 Å². The summed E-state index contributed by atoms with van der Waals surface area (Å²) in [4.78, 5) is 10.5. The summed E-state index contributed by atoms with van der Waals surface area (Å²) < 4.78 is 2.59. The van der Waals surface area contributed by atoms with Gasteiger partial charge in [-0.3, -0.25) is 0 Å². The Bertz CT molecular complexity index is 2920. The Kier molecular flexibility index (Phi) is 7.71. The van der Waals surface area contributed by atoms with Crippen LogP contribution in [0.15, 0.2) is 194 Å². The van der Waals surface area contributed by atoms with Crippen LogP contribution in [-0.2, 0) is 0 Å². The van der Waals surface area contributed by atoms with Crippen LogP contribution in [0.2, 0.25) is 0 Å². The Morgan fingerprint density at radius 3 is 1.64 bits per heavy atom. The monoisotopic (exact) mass is 692 g/mol. The molecule has 0 fully saturated rings. The lowest BCUT2D eigenvalue weighted by Crippen LogP contribution is -1.97. The van der Waals surface area contributed by atoms with Gasteiger partial charge >= 0.3 is 0 Å². The lowest BCUT2D eigenvalue weighted by molar-refractivity contribution is 1.18. The number of nitrogens with zero attached hydrogens (tertiary/aromatic N) is 2. The fourth-order valence-corrected chi connectivity index (χ4v) is 8.63. The topological polar surface area (TPSA) is 25.8 Å². The van der Waals surface area contributed by atoms with Crippen LogP contribution >= 0.6 is 11.3 Å². The van der Waals surface area contributed by atoms with Crippen molar-refractivity contribution in [3.63, 3.8) is 0 Å². The van der Waals surface area contributed by atoms with Crippen molar-refractivity contribution in [2.24, 2.45) is 0 Å². The fraction of sp³-hybridized carbons (Fsp3) is 0. The van der Waals surface area contributed by atoms with E-state index in [-0.39, 0.29) is 0 Å². The molecule has 0 atom stereocenters. The minimum absolute atomic E-state index is 0.702. The molecule has 0 unspecified atom stereocenters. The zero-order chi connectivity index (χ0) is 35.1. The molecule has 8 aromatic carbocycles. The molecule has 0 saturated carbocycles. The Morgan fingerprint density at radius 2 is 0.849 bits per heavy atom. The summed E-state index contributed by atoms with van der Waals surface area (Å²) in [7, 11) is 0. The van der Waals surface area contributed by atoms with E-state index in [1.165, 1.54) is 53.2 Å². The number of rotatable bonds is 6. The Hall–Kier alpha value is -6.68. The van der Waals surface area contributed by atoms with Gasteiger partial charge in [0.25, 0.3) is 0 Å². The molecule has 248 valence electrons. The summed E-state index contributed by atoms with van der Waals surface area (Å²) in [6.45, 7) is 0. The van der Waals surface area contributed by atoms with Crippen LogP contribution in [0.4, 0.5) is 0 Å². The van der Waals surface area contributed by atoms with Gasteiger partial charge in [0.15, 0.2) is 5.82 Å². The van der Waals surface area contributed by atoms with Crippen molar-refractivity contribution < 1.29 is 0 Å². The highest BCUT2D eigenvalue weighted by Gasteiger charge is 2.17. The summed E-state index contributed by atoms with van der Waals surface area (Å²) in [5.74, 6) is 0.702. The minimum atomic E-state index is 0.702. The first-order valence-electron chi connectivity index (χ1n) is 17.9. The highest BCUT2D eigenvalue weighted by atomic mass is 32.1. The lowest BCUT2D eigenvalue weighted by Gasteiger charge is -2.15. The highest BCUT2D eigenvalue weighted by molar-refractivity contribution is 7.25. The third-order valence-electron chi connectivity index (χ3n) is 10.1. The first kappa shape index (κ1) is 31.1. The van der Waals surface area contributed by atoms with Crippen LogP contribution in [-0.4, -0.2) is 9.97 Å². The summed E-state index contributed by atoms with van der Waals surface area (Å²) in [5.41, 5.74) is 11.9. The third kappa shape index (κ3) is 5.78. The average molecular weight is 693 g/mol. The van der Waals surface area contributed by atoms with Gasteiger partial charge in [0.2, 0.25) is 0 Å². The predicted octanol–water partition coefficient (Wildman–Crippen LogP) is 14.0. The van der Waals surface area contributed by atoms with Crippen LogP contribution in [0.3, 0.4) is 0 Å². The predicted molar refractivity (Wildman–Crippen MR) is 225 cm³/mol. The maximum absolute atomic E-state index is 5.29. The van der Waals surface area contributed by atoms with E-state index >= 15 is 0 Å². The Labute approximate surface area is 312 Å². The van der Waals surface area contributed by atoms with Crippen molar-refractivity contribution in [1.82, 2.24) is 9.97 Å². The van der Waals surface area contributed by atoms with Gasteiger partial charge in [-0.2, -0.15) is 0 Å². The van der Waals surface area contributed by atoms with Crippen LogP contribution in [0.1, 0.15) is 0 Å². The van der Waals surface area contributed by atoms with Crippen LogP contribution in [0.5, 0.6) is 0 Å². The molecular formula is C50H32N2S. The van der Waals surface area contributed by atoms with Gasteiger partial charge in [0.05, 0.1) is 11.4 Å². The van der Waals surface area contributed by atoms with E-state index in [0.29, 0.717) is 5.82 Å². The SMILES string of the molecule is c1ccc(-c2ccc(-c3cc(-c4cc(-c5cccc6ccccc56)cc(-c5cccc6sc7ccccc7c56)c4)nc(-c4ccccc4)n3)cc2)cc1. The molecule has 53 heavy (non-hydrogen) atoms. The van der Waals surface area contributed by atoms with Gasteiger partial charge in [-0.15, -0.1) is 11.3 Å². The molecule has 0 saturated heterocycles. The first-order chi connectivity index (χ1) is 26.2. The quantitative estimate of drug-likeness (QED) is 0.173. The van der Waals surface area contributed by atoms with E-state index in [1.807, 2.05) is 29.5 Å². The zero-order valence-corrected chi connectivity index (χ0v) is 29.6. The van der Waals surface area contributed by atoms with Crippen LogP contribution < -0.4 is 0 Å². The summed E-state index contributed by atoms with van der Waals surface area (Å²) in [6, 6.07) is 69.3. The molecule has 0 amide bonds. The van der Waals surface area contributed by atoms with E-state index < -0.39 is 0 Å². The molecule has 0 aliphatic carbocycles. The number of aromatic nitrogens is 2. The zero-order valence-electron chi connectivity index (χ0n) is 28.8. The van der Waals surface area contributed by atoms with Gasteiger partial charge < -0.3 is 0 Å². The van der Waals surface area contributed by atoms with Gasteiger partial charge in [-0.25, -0.2) is 9.97 Å². The maximum atomic E-state index is 5.29. The summed E-state index contributed by atoms with van der Waals surface area (Å²) in [5, 5.41) is 5.03.